The molecule has 1 amide bonds. The van der Waals surface area contributed by atoms with Crippen LogP contribution in [0.4, 0.5) is 5.69 Å². The van der Waals surface area contributed by atoms with Crippen LogP contribution >= 0.6 is 11.6 Å². The largest absolute Gasteiger partial charge is 0.324 e. The number of carbonyl (C=O) groups is 1. The Morgan fingerprint density at radius 3 is 2.70 bits per heavy atom. The number of carbonyl (C=O) groups excluding carboxylic acids is 1. The van der Waals surface area contributed by atoms with Crippen LogP contribution in [0.5, 0.6) is 0 Å². The number of aromatic nitrogens is 4. The molecular weight excluding hydrogens is 314 g/mol. The second-order valence-corrected chi connectivity index (χ2v) is 5.39. The number of para-hydroxylation sites is 1. The van der Waals surface area contributed by atoms with Crippen molar-refractivity contribution in [2.45, 2.75) is 13.5 Å². The van der Waals surface area contributed by atoms with Crippen molar-refractivity contribution in [3.63, 3.8) is 0 Å². The molecule has 116 valence electrons. The van der Waals surface area contributed by atoms with Gasteiger partial charge in [-0.3, -0.25) is 4.79 Å². The quantitative estimate of drug-likeness (QED) is 0.799. The second kappa shape index (κ2) is 6.58. The molecule has 1 N–H and O–H groups in total. The first-order valence-electron chi connectivity index (χ1n) is 7.01. The minimum Gasteiger partial charge on any atom is -0.324 e. The Morgan fingerprint density at radius 2 is 1.91 bits per heavy atom. The molecule has 0 saturated carbocycles. The third-order valence-electron chi connectivity index (χ3n) is 3.27. The van der Waals surface area contributed by atoms with E-state index >= 15 is 0 Å². The average Bonchev–Trinajstić information content (AvgIpc) is 2.98. The fourth-order valence-electron chi connectivity index (χ4n) is 2.09. The molecule has 0 aliphatic carbocycles. The third-order valence-corrected chi connectivity index (χ3v) is 3.60. The van der Waals surface area contributed by atoms with E-state index in [0.29, 0.717) is 16.4 Å². The summed E-state index contributed by atoms with van der Waals surface area (Å²) in [5.74, 6) is 0.168. The van der Waals surface area contributed by atoms with Gasteiger partial charge in [-0.1, -0.05) is 41.9 Å². The zero-order valence-corrected chi connectivity index (χ0v) is 13.2. The summed E-state index contributed by atoms with van der Waals surface area (Å²) >= 11 is 6.10. The molecule has 0 aliphatic rings. The van der Waals surface area contributed by atoms with Crippen LogP contribution < -0.4 is 5.32 Å². The van der Waals surface area contributed by atoms with E-state index in [9.17, 15) is 4.79 Å². The van der Waals surface area contributed by atoms with Crippen molar-refractivity contribution >= 4 is 23.2 Å². The average molecular weight is 328 g/mol. The molecule has 0 spiro atoms. The number of tetrazole rings is 1. The van der Waals surface area contributed by atoms with Gasteiger partial charge in [0, 0.05) is 11.3 Å². The predicted octanol–water partition coefficient (Wildman–Crippen LogP) is 2.94. The number of amides is 1. The zero-order chi connectivity index (χ0) is 16.2. The molecule has 3 aromatic rings. The van der Waals surface area contributed by atoms with E-state index in [2.05, 4.69) is 20.7 Å². The summed E-state index contributed by atoms with van der Waals surface area (Å²) in [5.41, 5.74) is 2.44. The minimum absolute atomic E-state index is 0.0220. The van der Waals surface area contributed by atoms with Gasteiger partial charge < -0.3 is 5.32 Å². The number of nitrogens with one attached hydrogen (secondary N) is 1. The van der Waals surface area contributed by atoms with E-state index in [1.807, 2.05) is 43.3 Å². The van der Waals surface area contributed by atoms with E-state index in [4.69, 9.17) is 11.6 Å². The molecule has 7 heteroatoms. The molecular formula is C16H14ClN5O. The van der Waals surface area contributed by atoms with E-state index in [0.717, 1.165) is 11.3 Å². The van der Waals surface area contributed by atoms with Gasteiger partial charge in [0.25, 0.3) is 0 Å². The number of anilines is 1. The SMILES string of the molecule is Cc1ccccc1NC(=O)Cn1nnc(-c2ccccc2Cl)n1. The standard InChI is InChI=1S/C16H14ClN5O/c1-11-6-2-5-9-14(11)18-15(23)10-22-20-16(19-21-22)12-7-3-4-8-13(12)17/h2-9H,10H2,1H3,(H,18,23). The summed E-state index contributed by atoms with van der Waals surface area (Å²) < 4.78 is 0. The van der Waals surface area contributed by atoms with Crippen LogP contribution in [-0.2, 0) is 11.3 Å². The molecule has 0 radical (unpaired) electrons. The number of benzene rings is 2. The van der Waals surface area contributed by atoms with Crippen LogP contribution in [-0.4, -0.2) is 26.1 Å². The summed E-state index contributed by atoms with van der Waals surface area (Å²) in [6.07, 6.45) is 0. The smallest absolute Gasteiger partial charge is 0.248 e. The molecule has 0 unspecified atom stereocenters. The van der Waals surface area contributed by atoms with Gasteiger partial charge in [-0.15, -0.1) is 10.2 Å². The number of rotatable bonds is 4. The first-order valence-corrected chi connectivity index (χ1v) is 7.39. The maximum Gasteiger partial charge on any atom is 0.248 e. The number of hydrogen-bond donors (Lipinski definition) is 1. The highest BCUT2D eigenvalue weighted by Gasteiger charge is 2.12. The summed E-state index contributed by atoms with van der Waals surface area (Å²) in [5, 5.41) is 15.4. The summed E-state index contributed by atoms with van der Waals surface area (Å²) in [7, 11) is 0. The van der Waals surface area contributed by atoms with Crippen molar-refractivity contribution in [1.82, 2.24) is 20.2 Å². The molecule has 3 rings (SSSR count). The maximum atomic E-state index is 12.1. The van der Waals surface area contributed by atoms with Crippen molar-refractivity contribution in [2.24, 2.45) is 0 Å². The van der Waals surface area contributed by atoms with E-state index in [1.54, 1.807) is 12.1 Å². The van der Waals surface area contributed by atoms with Crippen molar-refractivity contribution in [3.8, 4) is 11.4 Å². The van der Waals surface area contributed by atoms with Gasteiger partial charge >= 0.3 is 0 Å². The maximum absolute atomic E-state index is 12.1. The molecule has 6 nitrogen and oxygen atoms in total. The molecule has 2 aromatic carbocycles. The van der Waals surface area contributed by atoms with Crippen LogP contribution in [0.3, 0.4) is 0 Å². The van der Waals surface area contributed by atoms with Crippen molar-refractivity contribution < 1.29 is 4.79 Å². The number of aryl methyl sites for hydroxylation is 1. The van der Waals surface area contributed by atoms with Crippen LogP contribution in [0.15, 0.2) is 48.5 Å². The Hall–Kier alpha value is -2.73. The molecule has 0 aliphatic heterocycles. The van der Waals surface area contributed by atoms with E-state index in [-0.39, 0.29) is 12.5 Å². The lowest BCUT2D eigenvalue weighted by Crippen LogP contribution is -2.20. The monoisotopic (exact) mass is 327 g/mol. The van der Waals surface area contributed by atoms with Gasteiger partial charge in [0.1, 0.15) is 6.54 Å². The Balaban J connectivity index is 1.71. The molecule has 0 atom stereocenters. The lowest BCUT2D eigenvalue weighted by Gasteiger charge is -2.07. The number of nitrogens with zero attached hydrogens (tertiary/aromatic N) is 4. The molecule has 0 fully saturated rings. The Labute approximate surface area is 138 Å². The first kappa shape index (κ1) is 15.2. The normalized spacial score (nSPS) is 10.5. The summed E-state index contributed by atoms with van der Waals surface area (Å²) in [6.45, 7) is 1.91. The highest BCUT2D eigenvalue weighted by molar-refractivity contribution is 6.33. The summed E-state index contributed by atoms with van der Waals surface area (Å²) in [6, 6.07) is 14.8. The minimum atomic E-state index is -0.220. The highest BCUT2D eigenvalue weighted by atomic mass is 35.5. The van der Waals surface area contributed by atoms with Crippen molar-refractivity contribution in [1.29, 1.82) is 0 Å². The van der Waals surface area contributed by atoms with Crippen molar-refractivity contribution in [3.05, 3.63) is 59.1 Å². The van der Waals surface area contributed by atoms with Gasteiger partial charge in [0.2, 0.25) is 11.7 Å². The molecule has 0 bridgehead atoms. The van der Waals surface area contributed by atoms with Crippen LogP contribution in [0.25, 0.3) is 11.4 Å². The van der Waals surface area contributed by atoms with E-state index < -0.39 is 0 Å². The van der Waals surface area contributed by atoms with Gasteiger partial charge in [-0.2, -0.15) is 4.80 Å². The van der Waals surface area contributed by atoms with Crippen LogP contribution in [0, 0.1) is 6.92 Å². The fourth-order valence-corrected chi connectivity index (χ4v) is 2.31. The van der Waals surface area contributed by atoms with Crippen molar-refractivity contribution in [2.75, 3.05) is 5.32 Å². The highest BCUT2D eigenvalue weighted by Crippen LogP contribution is 2.23. The Morgan fingerprint density at radius 1 is 1.17 bits per heavy atom. The third kappa shape index (κ3) is 3.54. The lowest BCUT2D eigenvalue weighted by atomic mass is 10.2. The zero-order valence-electron chi connectivity index (χ0n) is 12.4. The molecule has 1 aromatic heterocycles. The Bertz CT molecular complexity index is 846. The number of halogens is 1. The summed E-state index contributed by atoms with van der Waals surface area (Å²) in [4.78, 5) is 13.3. The van der Waals surface area contributed by atoms with Crippen LogP contribution in [0.1, 0.15) is 5.56 Å². The topological polar surface area (TPSA) is 72.7 Å². The Kier molecular flexibility index (Phi) is 4.34. The fraction of sp³-hybridized carbons (Fsp3) is 0.125. The van der Waals surface area contributed by atoms with Gasteiger partial charge in [-0.25, -0.2) is 0 Å². The molecule has 0 saturated heterocycles. The first-order chi connectivity index (χ1) is 11.1. The number of hydrogen-bond acceptors (Lipinski definition) is 4. The van der Waals surface area contributed by atoms with Gasteiger partial charge in [-0.05, 0) is 35.9 Å². The lowest BCUT2D eigenvalue weighted by molar-refractivity contribution is -0.117. The van der Waals surface area contributed by atoms with E-state index in [1.165, 1.54) is 4.80 Å². The van der Waals surface area contributed by atoms with Gasteiger partial charge in [0.05, 0.1) is 5.02 Å². The molecule has 23 heavy (non-hydrogen) atoms. The predicted molar refractivity (Wildman–Crippen MR) is 88.1 cm³/mol. The van der Waals surface area contributed by atoms with Gasteiger partial charge in [0.15, 0.2) is 0 Å². The molecule has 1 heterocycles. The second-order valence-electron chi connectivity index (χ2n) is 4.99. The van der Waals surface area contributed by atoms with Crippen LogP contribution in [0.2, 0.25) is 5.02 Å².